The Morgan fingerprint density at radius 2 is 1.89 bits per heavy atom. The number of hydrogen-bond acceptors (Lipinski definition) is 4. The maximum atomic E-state index is 11.9. The molecule has 5 nitrogen and oxygen atoms in total. The summed E-state index contributed by atoms with van der Waals surface area (Å²) in [5.41, 5.74) is 4.97. The lowest BCUT2D eigenvalue weighted by atomic mass is 10.0. The first kappa shape index (κ1) is 14.9. The van der Waals surface area contributed by atoms with Crippen molar-refractivity contribution in [2.45, 2.75) is 37.2 Å². The number of sulfonamides is 1. The highest BCUT2D eigenvalue weighted by atomic mass is 32.2. The lowest BCUT2D eigenvalue weighted by Gasteiger charge is -2.22. The number of hydrogen-bond donors (Lipinski definition) is 3. The number of rotatable bonds is 6. The molecule has 102 valence electrons. The highest BCUT2D eigenvalue weighted by molar-refractivity contribution is 7.89. The van der Waals surface area contributed by atoms with Crippen molar-refractivity contribution in [3.63, 3.8) is 0 Å². The van der Waals surface area contributed by atoms with Gasteiger partial charge in [-0.25, -0.2) is 13.1 Å². The van der Waals surface area contributed by atoms with Crippen LogP contribution >= 0.6 is 0 Å². The van der Waals surface area contributed by atoms with Crippen LogP contribution in [-0.4, -0.2) is 25.7 Å². The minimum absolute atomic E-state index is 0.00640. The molecule has 1 rings (SSSR count). The molecule has 1 aromatic rings. The lowest BCUT2D eigenvalue weighted by Crippen LogP contribution is -2.40. The molecule has 0 aliphatic rings. The van der Waals surface area contributed by atoms with Crippen molar-refractivity contribution in [1.29, 1.82) is 0 Å². The zero-order valence-electron chi connectivity index (χ0n) is 10.7. The molecule has 1 atom stereocenters. The van der Waals surface area contributed by atoms with Crippen LogP contribution in [0.5, 0.6) is 0 Å². The van der Waals surface area contributed by atoms with Crippen molar-refractivity contribution in [3.05, 3.63) is 24.3 Å². The predicted octanol–water partition coefficient (Wildman–Crippen LogP) is 1.10. The van der Waals surface area contributed by atoms with Crippen LogP contribution in [0.15, 0.2) is 29.2 Å². The summed E-state index contributed by atoms with van der Waals surface area (Å²) in [6.45, 7) is 3.54. The van der Waals surface area contributed by atoms with Gasteiger partial charge in [-0.3, -0.25) is 0 Å². The SMILES string of the molecule is CCCC(C)(O)CNS(=O)(=O)c1ccc(N)cc1. The second-order valence-corrected chi connectivity index (χ2v) is 6.41. The van der Waals surface area contributed by atoms with E-state index in [0.29, 0.717) is 12.1 Å². The van der Waals surface area contributed by atoms with Crippen molar-refractivity contribution >= 4 is 15.7 Å². The second-order valence-electron chi connectivity index (χ2n) is 4.64. The van der Waals surface area contributed by atoms with Gasteiger partial charge < -0.3 is 10.8 Å². The van der Waals surface area contributed by atoms with E-state index in [1.807, 2.05) is 6.92 Å². The summed E-state index contributed by atoms with van der Waals surface area (Å²) in [6, 6.07) is 5.93. The Kier molecular flexibility index (Phi) is 4.72. The fourth-order valence-electron chi connectivity index (χ4n) is 1.61. The van der Waals surface area contributed by atoms with E-state index in [-0.39, 0.29) is 11.4 Å². The van der Waals surface area contributed by atoms with Gasteiger partial charge in [0.25, 0.3) is 0 Å². The van der Waals surface area contributed by atoms with Crippen LogP contribution in [0.3, 0.4) is 0 Å². The van der Waals surface area contributed by atoms with Gasteiger partial charge in [0.2, 0.25) is 10.0 Å². The number of benzene rings is 1. The zero-order valence-corrected chi connectivity index (χ0v) is 11.5. The summed E-state index contributed by atoms with van der Waals surface area (Å²) in [6.07, 6.45) is 1.33. The standard InChI is InChI=1S/C12H20N2O3S/c1-3-8-12(2,15)9-14-18(16,17)11-6-4-10(13)5-7-11/h4-7,14-15H,3,8-9,13H2,1-2H3. The minimum Gasteiger partial charge on any atom is -0.399 e. The Morgan fingerprint density at radius 3 is 2.39 bits per heavy atom. The van der Waals surface area contributed by atoms with E-state index in [1.54, 1.807) is 6.92 Å². The van der Waals surface area contributed by atoms with Crippen LogP contribution in [0.25, 0.3) is 0 Å². The van der Waals surface area contributed by atoms with E-state index >= 15 is 0 Å². The third kappa shape index (κ3) is 4.29. The van der Waals surface area contributed by atoms with Crippen molar-refractivity contribution in [1.82, 2.24) is 4.72 Å². The molecule has 0 bridgehead atoms. The summed E-state index contributed by atoms with van der Waals surface area (Å²) in [7, 11) is -3.59. The number of aliphatic hydroxyl groups is 1. The zero-order chi connectivity index (χ0) is 13.8. The fraction of sp³-hybridized carbons (Fsp3) is 0.500. The normalized spacial score (nSPS) is 15.3. The fourth-order valence-corrected chi connectivity index (χ4v) is 2.77. The quantitative estimate of drug-likeness (QED) is 0.676. The Hall–Kier alpha value is -1.11. The summed E-state index contributed by atoms with van der Waals surface area (Å²) < 4.78 is 26.3. The molecule has 0 aliphatic heterocycles. The molecule has 0 spiro atoms. The molecule has 18 heavy (non-hydrogen) atoms. The van der Waals surface area contributed by atoms with Crippen molar-refractivity contribution in [3.8, 4) is 0 Å². The average Bonchev–Trinajstić information content (AvgIpc) is 2.27. The van der Waals surface area contributed by atoms with Gasteiger partial charge >= 0.3 is 0 Å². The molecule has 0 saturated carbocycles. The Morgan fingerprint density at radius 1 is 1.33 bits per heavy atom. The van der Waals surface area contributed by atoms with E-state index in [2.05, 4.69) is 4.72 Å². The highest BCUT2D eigenvalue weighted by Crippen LogP contribution is 2.14. The molecule has 0 aromatic heterocycles. The van der Waals surface area contributed by atoms with Gasteiger partial charge in [0.05, 0.1) is 10.5 Å². The molecule has 4 N–H and O–H groups in total. The molecule has 0 radical (unpaired) electrons. The monoisotopic (exact) mass is 272 g/mol. The van der Waals surface area contributed by atoms with Gasteiger partial charge in [0.15, 0.2) is 0 Å². The number of nitrogens with one attached hydrogen (secondary N) is 1. The van der Waals surface area contributed by atoms with Gasteiger partial charge in [0, 0.05) is 12.2 Å². The van der Waals surface area contributed by atoms with Crippen LogP contribution in [0, 0.1) is 0 Å². The Labute approximate surface area is 108 Å². The highest BCUT2D eigenvalue weighted by Gasteiger charge is 2.23. The first-order valence-electron chi connectivity index (χ1n) is 5.84. The first-order chi connectivity index (χ1) is 8.27. The van der Waals surface area contributed by atoms with E-state index in [4.69, 9.17) is 5.73 Å². The number of anilines is 1. The predicted molar refractivity (Wildman–Crippen MR) is 71.6 cm³/mol. The van der Waals surface area contributed by atoms with E-state index in [1.165, 1.54) is 24.3 Å². The van der Waals surface area contributed by atoms with Crippen molar-refractivity contribution < 1.29 is 13.5 Å². The third-order valence-corrected chi connectivity index (χ3v) is 4.04. The molecule has 0 saturated heterocycles. The Balaban J connectivity index is 2.74. The van der Waals surface area contributed by atoms with E-state index < -0.39 is 15.6 Å². The second kappa shape index (κ2) is 5.69. The number of nitrogens with two attached hydrogens (primary N) is 1. The van der Waals surface area contributed by atoms with Gasteiger partial charge in [-0.05, 0) is 37.6 Å². The van der Waals surface area contributed by atoms with Crippen molar-refractivity contribution in [2.24, 2.45) is 0 Å². The Bertz CT molecular complexity index is 481. The summed E-state index contributed by atoms with van der Waals surface area (Å²) in [4.78, 5) is 0.143. The van der Waals surface area contributed by atoms with Crippen LogP contribution < -0.4 is 10.5 Å². The first-order valence-corrected chi connectivity index (χ1v) is 7.33. The lowest BCUT2D eigenvalue weighted by molar-refractivity contribution is 0.0554. The maximum absolute atomic E-state index is 11.9. The number of nitrogen functional groups attached to an aromatic ring is 1. The van der Waals surface area contributed by atoms with Crippen LogP contribution in [-0.2, 0) is 10.0 Å². The van der Waals surface area contributed by atoms with Gasteiger partial charge in [-0.15, -0.1) is 0 Å². The largest absolute Gasteiger partial charge is 0.399 e. The molecular weight excluding hydrogens is 252 g/mol. The third-order valence-electron chi connectivity index (χ3n) is 2.62. The molecule has 1 aromatic carbocycles. The molecule has 0 heterocycles. The molecule has 6 heteroatoms. The summed E-state index contributed by atoms with van der Waals surface area (Å²) >= 11 is 0. The molecular formula is C12H20N2O3S. The smallest absolute Gasteiger partial charge is 0.240 e. The van der Waals surface area contributed by atoms with Gasteiger partial charge in [0.1, 0.15) is 0 Å². The van der Waals surface area contributed by atoms with Crippen molar-refractivity contribution in [2.75, 3.05) is 12.3 Å². The minimum atomic E-state index is -3.59. The maximum Gasteiger partial charge on any atom is 0.240 e. The average molecular weight is 272 g/mol. The van der Waals surface area contributed by atoms with E-state index in [9.17, 15) is 13.5 Å². The summed E-state index contributed by atoms with van der Waals surface area (Å²) in [5, 5.41) is 9.92. The topological polar surface area (TPSA) is 92.4 Å². The summed E-state index contributed by atoms with van der Waals surface area (Å²) in [5.74, 6) is 0. The molecule has 0 amide bonds. The van der Waals surface area contributed by atoms with Crippen LogP contribution in [0.4, 0.5) is 5.69 Å². The van der Waals surface area contributed by atoms with Crippen LogP contribution in [0.2, 0.25) is 0 Å². The van der Waals surface area contributed by atoms with E-state index in [0.717, 1.165) is 6.42 Å². The van der Waals surface area contributed by atoms with Gasteiger partial charge in [-0.1, -0.05) is 13.3 Å². The van der Waals surface area contributed by atoms with Gasteiger partial charge in [-0.2, -0.15) is 0 Å². The molecule has 0 fully saturated rings. The van der Waals surface area contributed by atoms with Crippen LogP contribution in [0.1, 0.15) is 26.7 Å². The molecule has 0 aliphatic carbocycles. The molecule has 1 unspecified atom stereocenters.